The van der Waals surface area contributed by atoms with E-state index in [4.69, 9.17) is 4.74 Å². The van der Waals surface area contributed by atoms with Gasteiger partial charge >= 0.3 is 0 Å². The molecule has 2 saturated heterocycles. The van der Waals surface area contributed by atoms with E-state index < -0.39 is 0 Å². The molecule has 3 fully saturated rings. The van der Waals surface area contributed by atoms with E-state index in [2.05, 4.69) is 30.7 Å². The van der Waals surface area contributed by atoms with Crippen molar-refractivity contribution in [2.24, 2.45) is 5.92 Å². The predicted octanol–water partition coefficient (Wildman–Crippen LogP) is 2.40. The van der Waals surface area contributed by atoms with Crippen molar-refractivity contribution in [1.29, 1.82) is 0 Å². The van der Waals surface area contributed by atoms with E-state index in [-0.39, 0.29) is 0 Å². The summed E-state index contributed by atoms with van der Waals surface area (Å²) in [6.07, 6.45) is 9.39. The fraction of sp³-hybridized carbons (Fsp3) is 0.800. The summed E-state index contributed by atoms with van der Waals surface area (Å²) < 4.78 is 5.66. The van der Waals surface area contributed by atoms with E-state index in [1.165, 1.54) is 58.2 Å². The molecule has 1 atom stereocenters. The Hall–Kier alpha value is -1.40. The highest BCUT2D eigenvalue weighted by Gasteiger charge is 2.36. The van der Waals surface area contributed by atoms with Gasteiger partial charge in [-0.2, -0.15) is 0 Å². The highest BCUT2D eigenvalue weighted by molar-refractivity contribution is 5.51. The van der Waals surface area contributed by atoms with E-state index in [9.17, 15) is 0 Å². The zero-order valence-corrected chi connectivity index (χ0v) is 16.3. The summed E-state index contributed by atoms with van der Waals surface area (Å²) in [5.41, 5.74) is 0. The van der Waals surface area contributed by atoms with Crippen LogP contribution in [0, 0.1) is 5.92 Å². The van der Waals surface area contributed by atoms with Crippen LogP contribution in [0.2, 0.25) is 0 Å². The van der Waals surface area contributed by atoms with Crippen LogP contribution in [0.4, 0.5) is 11.6 Å². The van der Waals surface area contributed by atoms with Gasteiger partial charge in [0.1, 0.15) is 18.0 Å². The summed E-state index contributed by atoms with van der Waals surface area (Å²) in [4.78, 5) is 16.3. The predicted molar refractivity (Wildman–Crippen MR) is 105 cm³/mol. The number of aromatic nitrogens is 2. The summed E-state index contributed by atoms with van der Waals surface area (Å²) in [6.45, 7) is 5.55. The van der Waals surface area contributed by atoms with Gasteiger partial charge in [-0.3, -0.25) is 0 Å². The van der Waals surface area contributed by atoms with Gasteiger partial charge in [-0.15, -0.1) is 0 Å². The molecule has 1 aromatic rings. The Morgan fingerprint density at radius 1 is 1.04 bits per heavy atom. The van der Waals surface area contributed by atoms with Crippen molar-refractivity contribution in [2.45, 2.75) is 50.6 Å². The van der Waals surface area contributed by atoms with Crippen LogP contribution >= 0.6 is 0 Å². The third-order valence-electron chi connectivity index (χ3n) is 6.02. The maximum Gasteiger partial charge on any atom is 0.134 e. The lowest BCUT2D eigenvalue weighted by Gasteiger charge is -2.40. The first kappa shape index (κ1) is 18.0. The molecule has 26 heavy (non-hydrogen) atoms. The third-order valence-corrected chi connectivity index (χ3v) is 6.02. The number of piperidine rings is 1. The molecule has 6 heteroatoms. The second-order valence-electron chi connectivity index (χ2n) is 8.38. The minimum Gasteiger partial charge on any atom is -0.381 e. The average Bonchev–Trinajstić information content (AvgIpc) is 3.49. The molecular formula is C20H33N5O. The minimum absolute atomic E-state index is 0.617. The van der Waals surface area contributed by atoms with Gasteiger partial charge in [0.15, 0.2) is 0 Å². The summed E-state index contributed by atoms with van der Waals surface area (Å²) in [6, 6.07) is 3.46. The summed E-state index contributed by atoms with van der Waals surface area (Å²) >= 11 is 0. The average molecular weight is 360 g/mol. The Morgan fingerprint density at radius 2 is 1.77 bits per heavy atom. The number of ether oxygens (including phenoxy) is 1. The maximum atomic E-state index is 5.66. The Morgan fingerprint density at radius 3 is 2.42 bits per heavy atom. The molecule has 1 unspecified atom stereocenters. The van der Waals surface area contributed by atoms with Crippen molar-refractivity contribution in [3.63, 3.8) is 0 Å². The van der Waals surface area contributed by atoms with Crippen LogP contribution in [0.5, 0.6) is 0 Å². The monoisotopic (exact) mass is 359 g/mol. The van der Waals surface area contributed by atoms with Gasteiger partial charge in [-0.25, -0.2) is 9.97 Å². The van der Waals surface area contributed by atoms with E-state index in [1.54, 1.807) is 6.33 Å². The molecule has 0 bridgehead atoms. The van der Waals surface area contributed by atoms with E-state index >= 15 is 0 Å². The summed E-state index contributed by atoms with van der Waals surface area (Å²) in [7, 11) is 4.09. The van der Waals surface area contributed by atoms with Crippen LogP contribution in [0.3, 0.4) is 0 Å². The summed E-state index contributed by atoms with van der Waals surface area (Å²) in [5.74, 6) is 2.85. The highest BCUT2D eigenvalue weighted by Crippen LogP contribution is 2.36. The van der Waals surface area contributed by atoms with Crippen LogP contribution in [0.1, 0.15) is 38.5 Å². The fourth-order valence-electron chi connectivity index (χ4n) is 4.44. The molecule has 144 valence electrons. The van der Waals surface area contributed by atoms with Crippen molar-refractivity contribution in [1.82, 2.24) is 14.9 Å². The molecule has 3 heterocycles. The highest BCUT2D eigenvalue weighted by atomic mass is 16.5. The van der Waals surface area contributed by atoms with Crippen LogP contribution < -0.4 is 9.80 Å². The van der Waals surface area contributed by atoms with Crippen LogP contribution in [0.25, 0.3) is 0 Å². The molecule has 0 amide bonds. The maximum absolute atomic E-state index is 5.66. The van der Waals surface area contributed by atoms with Gasteiger partial charge < -0.3 is 19.4 Å². The Kier molecular flexibility index (Phi) is 5.60. The quantitative estimate of drug-likeness (QED) is 0.777. The zero-order valence-electron chi connectivity index (χ0n) is 16.3. The van der Waals surface area contributed by atoms with Crippen molar-refractivity contribution in [2.75, 3.05) is 56.7 Å². The lowest BCUT2D eigenvalue weighted by molar-refractivity contribution is 0.0345. The van der Waals surface area contributed by atoms with Crippen molar-refractivity contribution in [3.8, 4) is 0 Å². The number of rotatable bonds is 6. The molecule has 4 rings (SSSR count). The normalized spacial score (nSPS) is 25.2. The largest absolute Gasteiger partial charge is 0.381 e. The number of hydrogen-bond acceptors (Lipinski definition) is 6. The SMILES string of the molecule is CN(C)c1cc(N(C2CC2)C2CCN(CC3CCCOC3)CC2)ncn1. The fourth-order valence-corrected chi connectivity index (χ4v) is 4.44. The van der Waals surface area contributed by atoms with Gasteiger partial charge in [0.05, 0.1) is 6.61 Å². The van der Waals surface area contributed by atoms with Gasteiger partial charge in [-0.05, 0) is 44.4 Å². The van der Waals surface area contributed by atoms with Gasteiger partial charge in [-0.1, -0.05) is 0 Å². The molecule has 0 spiro atoms. The standard InChI is InChI=1S/C20H33N5O/c1-23(2)19-12-20(22-15-21-19)25(17-5-6-17)18-7-9-24(10-8-18)13-16-4-3-11-26-14-16/h12,15-18H,3-11,13-14H2,1-2H3. The van der Waals surface area contributed by atoms with Crippen molar-refractivity contribution in [3.05, 3.63) is 12.4 Å². The number of hydrogen-bond donors (Lipinski definition) is 0. The molecule has 6 nitrogen and oxygen atoms in total. The number of anilines is 2. The van der Waals surface area contributed by atoms with E-state index in [1.807, 2.05) is 14.1 Å². The van der Waals surface area contributed by atoms with Crippen LogP contribution in [0.15, 0.2) is 12.4 Å². The Bertz CT molecular complexity index is 577. The minimum atomic E-state index is 0.617. The van der Waals surface area contributed by atoms with Gasteiger partial charge in [0.25, 0.3) is 0 Å². The number of likely N-dealkylation sites (tertiary alicyclic amines) is 1. The van der Waals surface area contributed by atoms with Gasteiger partial charge in [0.2, 0.25) is 0 Å². The molecule has 0 N–H and O–H groups in total. The first-order valence-electron chi connectivity index (χ1n) is 10.3. The number of nitrogens with zero attached hydrogens (tertiary/aromatic N) is 5. The first-order chi connectivity index (χ1) is 12.7. The van der Waals surface area contributed by atoms with Crippen LogP contribution in [-0.4, -0.2) is 73.9 Å². The second-order valence-corrected chi connectivity index (χ2v) is 8.38. The van der Waals surface area contributed by atoms with E-state index in [0.717, 1.165) is 30.8 Å². The van der Waals surface area contributed by atoms with E-state index in [0.29, 0.717) is 12.1 Å². The molecule has 0 aromatic carbocycles. The Labute approximate surface area is 157 Å². The van der Waals surface area contributed by atoms with Crippen molar-refractivity contribution >= 4 is 11.6 Å². The molecule has 0 radical (unpaired) electrons. The topological polar surface area (TPSA) is 44.7 Å². The van der Waals surface area contributed by atoms with Crippen molar-refractivity contribution < 1.29 is 4.74 Å². The molecule has 2 aliphatic heterocycles. The first-order valence-corrected chi connectivity index (χ1v) is 10.3. The summed E-state index contributed by atoms with van der Waals surface area (Å²) in [5, 5.41) is 0. The molecule has 1 aromatic heterocycles. The molecule has 1 aliphatic carbocycles. The van der Waals surface area contributed by atoms with Gasteiger partial charge in [0, 0.05) is 58.5 Å². The molecule has 3 aliphatic rings. The molecule has 1 saturated carbocycles. The molecular weight excluding hydrogens is 326 g/mol. The smallest absolute Gasteiger partial charge is 0.134 e. The lowest BCUT2D eigenvalue weighted by Crippen LogP contribution is -2.47. The van der Waals surface area contributed by atoms with Crippen LogP contribution in [-0.2, 0) is 4.74 Å². The lowest BCUT2D eigenvalue weighted by atomic mass is 9.98. The second kappa shape index (κ2) is 8.09. The zero-order chi connectivity index (χ0) is 17.9. The third kappa shape index (κ3) is 4.29. The Balaban J connectivity index is 1.37.